The summed E-state index contributed by atoms with van der Waals surface area (Å²) in [6.45, 7) is 8.83. The second-order valence-electron chi connectivity index (χ2n) is 5.77. The van der Waals surface area contributed by atoms with Gasteiger partial charge in [-0.2, -0.15) is 0 Å². The van der Waals surface area contributed by atoms with E-state index in [1.165, 1.54) is 5.56 Å². The summed E-state index contributed by atoms with van der Waals surface area (Å²) in [5.41, 5.74) is 1.26. The highest BCUT2D eigenvalue weighted by molar-refractivity contribution is 5.79. The van der Waals surface area contributed by atoms with Gasteiger partial charge >= 0.3 is 0 Å². The molecule has 1 saturated heterocycles. The highest BCUT2D eigenvalue weighted by Gasteiger charge is 2.29. The van der Waals surface area contributed by atoms with E-state index in [0.717, 1.165) is 32.1 Å². The molecule has 0 spiro atoms. The highest BCUT2D eigenvalue weighted by atomic mass is 16.5. The summed E-state index contributed by atoms with van der Waals surface area (Å²) >= 11 is 0. The fraction of sp³-hybridized carbons (Fsp3) is 0.588. The summed E-state index contributed by atoms with van der Waals surface area (Å²) in [7, 11) is 0. The Morgan fingerprint density at radius 3 is 2.76 bits per heavy atom. The van der Waals surface area contributed by atoms with Crippen LogP contribution in [0.4, 0.5) is 0 Å². The molecule has 0 amide bonds. The van der Waals surface area contributed by atoms with Crippen LogP contribution in [-0.4, -0.2) is 31.7 Å². The predicted octanol–water partition coefficient (Wildman–Crippen LogP) is 2.73. The SMILES string of the molecule is CCNC(=NCC1CCOC1c1ccccc1)NC(C)C. The molecule has 1 fully saturated rings. The normalized spacial score (nSPS) is 22.6. The number of hydrogen-bond acceptors (Lipinski definition) is 2. The minimum Gasteiger partial charge on any atom is -0.373 e. The Balaban J connectivity index is 2.00. The number of hydrogen-bond donors (Lipinski definition) is 2. The number of guanidine groups is 1. The van der Waals surface area contributed by atoms with Crippen LogP contribution >= 0.6 is 0 Å². The lowest BCUT2D eigenvalue weighted by Crippen LogP contribution is -2.41. The third-order valence-electron chi connectivity index (χ3n) is 3.60. The summed E-state index contributed by atoms with van der Waals surface area (Å²) < 4.78 is 5.91. The predicted molar refractivity (Wildman–Crippen MR) is 87.5 cm³/mol. The zero-order valence-corrected chi connectivity index (χ0v) is 13.3. The molecular weight excluding hydrogens is 262 g/mol. The zero-order chi connectivity index (χ0) is 15.1. The Labute approximate surface area is 128 Å². The summed E-state index contributed by atoms with van der Waals surface area (Å²) in [4.78, 5) is 4.73. The van der Waals surface area contributed by atoms with Gasteiger partial charge in [0.05, 0.1) is 6.10 Å². The van der Waals surface area contributed by atoms with E-state index in [2.05, 4.69) is 55.7 Å². The van der Waals surface area contributed by atoms with Gasteiger partial charge in [0.1, 0.15) is 0 Å². The number of ether oxygens (including phenoxy) is 1. The summed E-state index contributed by atoms with van der Waals surface area (Å²) in [5.74, 6) is 1.35. The van der Waals surface area contributed by atoms with Gasteiger partial charge in [-0.05, 0) is 32.8 Å². The molecule has 0 radical (unpaired) electrons. The minimum absolute atomic E-state index is 0.178. The maximum Gasteiger partial charge on any atom is 0.191 e. The summed E-state index contributed by atoms with van der Waals surface area (Å²) in [6, 6.07) is 10.9. The Bertz CT molecular complexity index is 445. The molecule has 0 aromatic heterocycles. The lowest BCUT2D eigenvalue weighted by atomic mass is 9.95. The minimum atomic E-state index is 0.178. The second kappa shape index (κ2) is 8.03. The molecule has 0 saturated carbocycles. The Morgan fingerprint density at radius 1 is 1.33 bits per heavy atom. The van der Waals surface area contributed by atoms with Crippen LogP contribution in [-0.2, 0) is 4.74 Å². The van der Waals surface area contributed by atoms with Crippen LogP contribution in [0.5, 0.6) is 0 Å². The standard InChI is InChI=1S/C17H27N3O/c1-4-18-17(20-13(2)3)19-12-15-10-11-21-16(15)14-8-6-5-7-9-14/h5-9,13,15-16H,4,10-12H2,1-3H3,(H2,18,19,20). The van der Waals surface area contributed by atoms with Gasteiger partial charge in [0, 0.05) is 31.7 Å². The van der Waals surface area contributed by atoms with E-state index < -0.39 is 0 Å². The third-order valence-corrected chi connectivity index (χ3v) is 3.60. The van der Waals surface area contributed by atoms with Crippen molar-refractivity contribution in [1.29, 1.82) is 0 Å². The Hall–Kier alpha value is -1.55. The number of nitrogens with one attached hydrogen (secondary N) is 2. The molecule has 1 aromatic rings. The lowest BCUT2D eigenvalue weighted by molar-refractivity contribution is 0.0925. The van der Waals surface area contributed by atoms with Crippen molar-refractivity contribution in [1.82, 2.24) is 10.6 Å². The van der Waals surface area contributed by atoms with E-state index in [1.54, 1.807) is 0 Å². The van der Waals surface area contributed by atoms with E-state index in [9.17, 15) is 0 Å². The first kappa shape index (κ1) is 15.8. The summed E-state index contributed by atoms with van der Waals surface area (Å²) in [6.07, 6.45) is 1.25. The van der Waals surface area contributed by atoms with Crippen LogP contribution in [0.3, 0.4) is 0 Å². The van der Waals surface area contributed by atoms with E-state index in [0.29, 0.717) is 12.0 Å². The van der Waals surface area contributed by atoms with E-state index in [-0.39, 0.29) is 6.10 Å². The maximum atomic E-state index is 5.91. The summed E-state index contributed by atoms with van der Waals surface area (Å²) in [5, 5.41) is 6.65. The third kappa shape index (κ3) is 4.74. The van der Waals surface area contributed by atoms with Crippen molar-refractivity contribution in [3.05, 3.63) is 35.9 Å². The maximum absolute atomic E-state index is 5.91. The van der Waals surface area contributed by atoms with Crippen molar-refractivity contribution in [3.63, 3.8) is 0 Å². The van der Waals surface area contributed by atoms with Crippen LogP contribution in [0, 0.1) is 5.92 Å². The smallest absolute Gasteiger partial charge is 0.191 e. The molecular formula is C17H27N3O. The van der Waals surface area contributed by atoms with Crippen molar-refractivity contribution in [2.24, 2.45) is 10.9 Å². The molecule has 0 bridgehead atoms. The monoisotopic (exact) mass is 289 g/mol. The molecule has 4 heteroatoms. The number of benzene rings is 1. The molecule has 116 valence electrons. The van der Waals surface area contributed by atoms with Gasteiger partial charge in [0.2, 0.25) is 0 Å². The van der Waals surface area contributed by atoms with Crippen molar-refractivity contribution >= 4 is 5.96 Å². The molecule has 2 rings (SSSR count). The molecule has 1 aliphatic rings. The van der Waals surface area contributed by atoms with Crippen LogP contribution in [0.1, 0.15) is 38.9 Å². The van der Waals surface area contributed by atoms with Crippen LogP contribution < -0.4 is 10.6 Å². The van der Waals surface area contributed by atoms with Crippen molar-refractivity contribution < 1.29 is 4.74 Å². The Kier molecular flexibility index (Phi) is 6.05. The van der Waals surface area contributed by atoms with Crippen molar-refractivity contribution in [2.75, 3.05) is 19.7 Å². The highest BCUT2D eigenvalue weighted by Crippen LogP contribution is 2.34. The van der Waals surface area contributed by atoms with Crippen molar-refractivity contribution in [3.8, 4) is 0 Å². The van der Waals surface area contributed by atoms with E-state index >= 15 is 0 Å². The molecule has 4 nitrogen and oxygen atoms in total. The number of rotatable bonds is 5. The Morgan fingerprint density at radius 2 is 2.10 bits per heavy atom. The van der Waals surface area contributed by atoms with Crippen molar-refractivity contribution in [2.45, 2.75) is 39.3 Å². The number of aliphatic imine (C=N–C) groups is 1. The topological polar surface area (TPSA) is 45.7 Å². The quantitative estimate of drug-likeness (QED) is 0.647. The molecule has 2 atom stereocenters. The first-order valence-electron chi connectivity index (χ1n) is 7.92. The van der Waals surface area contributed by atoms with Gasteiger partial charge in [-0.25, -0.2) is 0 Å². The largest absolute Gasteiger partial charge is 0.373 e. The molecule has 2 N–H and O–H groups in total. The van der Waals surface area contributed by atoms with E-state index in [1.807, 2.05) is 6.07 Å². The molecule has 1 heterocycles. The molecule has 1 aliphatic heterocycles. The molecule has 0 aliphatic carbocycles. The first-order chi connectivity index (χ1) is 10.2. The van der Waals surface area contributed by atoms with Crippen LogP contribution in [0.2, 0.25) is 0 Å². The van der Waals surface area contributed by atoms with Gasteiger partial charge in [-0.3, -0.25) is 4.99 Å². The van der Waals surface area contributed by atoms with Crippen LogP contribution in [0.25, 0.3) is 0 Å². The molecule has 21 heavy (non-hydrogen) atoms. The fourth-order valence-electron chi connectivity index (χ4n) is 2.63. The van der Waals surface area contributed by atoms with Gasteiger partial charge in [0.15, 0.2) is 5.96 Å². The number of nitrogens with zero attached hydrogens (tertiary/aromatic N) is 1. The van der Waals surface area contributed by atoms with Crippen LogP contribution in [0.15, 0.2) is 35.3 Å². The van der Waals surface area contributed by atoms with Gasteiger partial charge in [0.25, 0.3) is 0 Å². The van der Waals surface area contributed by atoms with E-state index in [4.69, 9.17) is 9.73 Å². The van der Waals surface area contributed by atoms with Gasteiger partial charge < -0.3 is 15.4 Å². The molecule has 1 aromatic carbocycles. The molecule has 2 unspecified atom stereocenters. The first-order valence-corrected chi connectivity index (χ1v) is 7.92. The lowest BCUT2D eigenvalue weighted by Gasteiger charge is -2.19. The average Bonchev–Trinajstić information content (AvgIpc) is 2.94. The fourth-order valence-corrected chi connectivity index (χ4v) is 2.63. The van der Waals surface area contributed by atoms with Gasteiger partial charge in [-0.1, -0.05) is 30.3 Å². The second-order valence-corrected chi connectivity index (χ2v) is 5.77. The van der Waals surface area contributed by atoms with Gasteiger partial charge in [-0.15, -0.1) is 0 Å². The zero-order valence-electron chi connectivity index (χ0n) is 13.3. The average molecular weight is 289 g/mol.